The lowest BCUT2D eigenvalue weighted by Gasteiger charge is -2.35. The van der Waals surface area contributed by atoms with Crippen LogP contribution in [0.3, 0.4) is 0 Å². The molecule has 2 N–H and O–H groups in total. The van der Waals surface area contributed by atoms with Gasteiger partial charge in [-0.2, -0.15) is 0 Å². The number of ether oxygens (including phenoxy) is 3. The molecule has 0 aromatic heterocycles. The molecule has 0 radical (unpaired) electrons. The monoisotopic (exact) mass is 364 g/mol. The first-order valence-electron chi connectivity index (χ1n) is 8.47. The van der Waals surface area contributed by atoms with Crippen LogP contribution in [0.1, 0.15) is 30.6 Å². The van der Waals surface area contributed by atoms with Gasteiger partial charge in [0.05, 0.1) is 30.8 Å². The molecule has 1 aromatic carbocycles. The average Bonchev–Trinajstić information content (AvgIpc) is 2.59. The van der Waals surface area contributed by atoms with Crippen molar-refractivity contribution in [3.05, 3.63) is 29.8 Å². The number of primary amides is 1. The Bertz CT molecular complexity index is 653. The van der Waals surface area contributed by atoms with E-state index in [4.69, 9.17) is 19.9 Å². The molecular weight excluding hydrogens is 340 g/mol. The summed E-state index contributed by atoms with van der Waals surface area (Å²) in [4.78, 5) is 36.8. The number of hydrogen-bond donors (Lipinski definition) is 1. The van der Waals surface area contributed by atoms with Crippen LogP contribution >= 0.6 is 0 Å². The predicted molar refractivity (Wildman–Crippen MR) is 92.6 cm³/mol. The van der Waals surface area contributed by atoms with Gasteiger partial charge < -0.3 is 24.8 Å². The zero-order valence-corrected chi connectivity index (χ0v) is 15.0. The molecule has 1 heterocycles. The molecule has 142 valence electrons. The molecule has 0 aliphatic carbocycles. The van der Waals surface area contributed by atoms with Crippen molar-refractivity contribution >= 4 is 17.8 Å². The maximum absolute atomic E-state index is 12.1. The van der Waals surface area contributed by atoms with E-state index in [-0.39, 0.29) is 43.3 Å². The number of nitrogens with two attached hydrogens (primary N) is 1. The zero-order chi connectivity index (χ0) is 19.1. The van der Waals surface area contributed by atoms with Crippen LogP contribution < -0.4 is 10.5 Å². The van der Waals surface area contributed by atoms with Crippen molar-refractivity contribution in [3.8, 4) is 5.75 Å². The van der Waals surface area contributed by atoms with Crippen LogP contribution in [0.5, 0.6) is 5.75 Å². The third-order valence-electron chi connectivity index (χ3n) is 3.85. The minimum atomic E-state index is -0.609. The van der Waals surface area contributed by atoms with Crippen LogP contribution in [0.2, 0.25) is 0 Å². The number of amides is 2. The van der Waals surface area contributed by atoms with Crippen molar-refractivity contribution in [2.24, 2.45) is 5.73 Å². The van der Waals surface area contributed by atoms with E-state index in [1.807, 2.05) is 13.8 Å². The topological polar surface area (TPSA) is 108 Å². The number of benzene rings is 1. The van der Waals surface area contributed by atoms with Crippen LogP contribution in [0.25, 0.3) is 0 Å². The van der Waals surface area contributed by atoms with E-state index in [0.29, 0.717) is 18.8 Å². The highest BCUT2D eigenvalue weighted by molar-refractivity contribution is 5.95. The van der Waals surface area contributed by atoms with E-state index >= 15 is 0 Å². The van der Waals surface area contributed by atoms with Crippen LogP contribution in [0.15, 0.2) is 24.3 Å². The van der Waals surface area contributed by atoms with E-state index in [1.165, 1.54) is 0 Å². The van der Waals surface area contributed by atoms with Crippen LogP contribution in [-0.2, 0) is 19.1 Å². The van der Waals surface area contributed by atoms with Gasteiger partial charge in [-0.1, -0.05) is 12.1 Å². The highest BCUT2D eigenvalue weighted by Gasteiger charge is 2.26. The molecule has 0 unspecified atom stereocenters. The molecule has 1 aliphatic rings. The Morgan fingerprint density at radius 1 is 1.19 bits per heavy atom. The van der Waals surface area contributed by atoms with Gasteiger partial charge in [0.2, 0.25) is 0 Å². The van der Waals surface area contributed by atoms with E-state index in [2.05, 4.69) is 0 Å². The molecule has 2 atom stereocenters. The maximum atomic E-state index is 12.1. The molecule has 1 aliphatic heterocycles. The number of morpholine rings is 1. The van der Waals surface area contributed by atoms with Gasteiger partial charge in [-0.05, 0) is 26.0 Å². The molecule has 8 heteroatoms. The summed E-state index contributed by atoms with van der Waals surface area (Å²) in [5, 5.41) is 0. The first-order valence-corrected chi connectivity index (χ1v) is 8.47. The molecule has 8 nitrogen and oxygen atoms in total. The van der Waals surface area contributed by atoms with Crippen LogP contribution in [0, 0.1) is 0 Å². The number of rotatable bonds is 7. The first kappa shape index (κ1) is 19.7. The minimum absolute atomic E-state index is 0.0168. The number of carbonyl (C=O) groups is 3. The Morgan fingerprint density at radius 3 is 2.50 bits per heavy atom. The number of carbonyl (C=O) groups excluding carboxylic acids is 3. The van der Waals surface area contributed by atoms with Crippen molar-refractivity contribution in [3.63, 3.8) is 0 Å². The van der Waals surface area contributed by atoms with Gasteiger partial charge in [0, 0.05) is 13.1 Å². The highest BCUT2D eigenvalue weighted by atomic mass is 16.5. The van der Waals surface area contributed by atoms with Crippen molar-refractivity contribution in [1.29, 1.82) is 0 Å². The first-order chi connectivity index (χ1) is 12.4. The fourth-order valence-electron chi connectivity index (χ4n) is 2.73. The van der Waals surface area contributed by atoms with E-state index in [0.717, 1.165) is 0 Å². The van der Waals surface area contributed by atoms with Crippen molar-refractivity contribution < 1.29 is 28.6 Å². The molecular formula is C18H24N2O6. The van der Waals surface area contributed by atoms with Gasteiger partial charge >= 0.3 is 5.97 Å². The summed E-state index contributed by atoms with van der Waals surface area (Å²) >= 11 is 0. The number of esters is 1. The molecule has 0 saturated carbocycles. The quantitative estimate of drug-likeness (QED) is 0.715. The fraction of sp³-hybridized carbons (Fsp3) is 0.500. The number of para-hydroxylation sites is 1. The van der Waals surface area contributed by atoms with Crippen LogP contribution in [0.4, 0.5) is 0 Å². The van der Waals surface area contributed by atoms with E-state index in [9.17, 15) is 14.4 Å². The zero-order valence-electron chi connectivity index (χ0n) is 15.0. The molecule has 2 amide bonds. The predicted octanol–water partition coefficient (Wildman–Crippen LogP) is 0.733. The summed E-state index contributed by atoms with van der Waals surface area (Å²) < 4.78 is 16.0. The molecule has 1 aromatic rings. The van der Waals surface area contributed by atoms with Gasteiger partial charge in [0.15, 0.2) is 6.61 Å². The lowest BCUT2D eigenvalue weighted by Crippen LogP contribution is -2.49. The minimum Gasteiger partial charge on any atom is -0.492 e. The van der Waals surface area contributed by atoms with E-state index < -0.39 is 11.9 Å². The Morgan fingerprint density at radius 2 is 1.85 bits per heavy atom. The number of nitrogens with zero attached hydrogens (tertiary/aromatic N) is 1. The molecule has 0 bridgehead atoms. The third kappa shape index (κ3) is 5.73. The normalized spacial score (nSPS) is 19.7. The van der Waals surface area contributed by atoms with E-state index in [1.54, 1.807) is 29.2 Å². The van der Waals surface area contributed by atoms with Gasteiger partial charge in [0.1, 0.15) is 5.75 Å². The lowest BCUT2D eigenvalue weighted by molar-refractivity contribution is -0.157. The summed E-state index contributed by atoms with van der Waals surface area (Å²) in [7, 11) is 0. The van der Waals surface area contributed by atoms with Crippen molar-refractivity contribution in [1.82, 2.24) is 4.90 Å². The smallest absolute Gasteiger partial charge is 0.309 e. The van der Waals surface area contributed by atoms with Crippen molar-refractivity contribution in [2.75, 3.05) is 26.3 Å². The Balaban J connectivity index is 1.72. The van der Waals surface area contributed by atoms with Gasteiger partial charge in [0.25, 0.3) is 11.8 Å². The third-order valence-corrected chi connectivity index (χ3v) is 3.85. The van der Waals surface area contributed by atoms with Gasteiger partial charge in [-0.15, -0.1) is 0 Å². The lowest BCUT2D eigenvalue weighted by atomic mass is 10.2. The molecule has 2 rings (SSSR count). The van der Waals surface area contributed by atoms with Crippen LogP contribution in [-0.4, -0.2) is 61.2 Å². The second kappa shape index (κ2) is 9.19. The summed E-state index contributed by atoms with van der Waals surface area (Å²) in [5.74, 6) is -1.10. The van der Waals surface area contributed by atoms with Gasteiger partial charge in [-0.25, -0.2) is 0 Å². The summed E-state index contributed by atoms with van der Waals surface area (Å²) in [6.07, 6.45) is -0.134. The molecule has 1 fully saturated rings. The largest absolute Gasteiger partial charge is 0.492 e. The molecule has 26 heavy (non-hydrogen) atoms. The Hall–Kier alpha value is -2.61. The molecule has 1 saturated heterocycles. The molecule has 0 spiro atoms. The second-order valence-electron chi connectivity index (χ2n) is 6.18. The summed E-state index contributed by atoms with van der Waals surface area (Å²) in [5.41, 5.74) is 5.50. The highest BCUT2D eigenvalue weighted by Crippen LogP contribution is 2.17. The SMILES string of the molecule is C[C@@H]1CN(C(=O)COC(=O)CCOc2ccccc2C(N)=O)C[C@@H](C)O1. The summed E-state index contributed by atoms with van der Waals surface area (Å²) in [6.45, 7) is 4.45. The standard InChI is InChI=1S/C18H24N2O6/c1-12-9-20(10-13(2)26-12)16(21)11-25-17(22)7-8-24-15-6-4-3-5-14(15)18(19)23/h3-6,12-13H,7-11H2,1-2H3,(H2,19,23)/t12-,13-/m1/s1. The summed E-state index contributed by atoms with van der Waals surface area (Å²) in [6, 6.07) is 6.50. The van der Waals surface area contributed by atoms with Crippen molar-refractivity contribution in [2.45, 2.75) is 32.5 Å². The second-order valence-corrected chi connectivity index (χ2v) is 6.18. The Kier molecular flexibility index (Phi) is 6.97. The van der Waals surface area contributed by atoms with Gasteiger partial charge in [-0.3, -0.25) is 14.4 Å². The Labute approximate surface area is 152 Å². The maximum Gasteiger partial charge on any atom is 0.309 e. The fourth-order valence-corrected chi connectivity index (χ4v) is 2.73. The number of hydrogen-bond acceptors (Lipinski definition) is 6. The average molecular weight is 364 g/mol.